The first-order valence-electron chi connectivity index (χ1n) is 15.8. The highest BCUT2D eigenvalue weighted by Gasteiger charge is 2.60. The minimum absolute atomic E-state index is 0.0791. The number of amides is 2. The number of hydrogen-bond acceptors (Lipinski definition) is 5. The van der Waals surface area contributed by atoms with Crippen LogP contribution in [-0.2, 0) is 25.5 Å². The zero-order valence-corrected chi connectivity index (χ0v) is 29.6. The third-order valence-corrected chi connectivity index (χ3v) is 9.66. The molecule has 244 valence electrons. The van der Waals surface area contributed by atoms with Crippen LogP contribution in [-0.4, -0.2) is 50.0 Å². The van der Waals surface area contributed by atoms with Crippen LogP contribution in [0.4, 0.5) is 4.79 Å². The average Bonchev–Trinajstić information content (AvgIpc) is 3.62. The number of aliphatic imine (C=N–C) groups is 1. The van der Waals surface area contributed by atoms with Crippen LogP contribution in [0.3, 0.4) is 0 Å². The topological polar surface area (TPSA) is 107 Å². The van der Waals surface area contributed by atoms with E-state index in [-0.39, 0.29) is 29.7 Å². The number of para-hydroxylation sites is 1. The van der Waals surface area contributed by atoms with E-state index in [0.717, 1.165) is 41.3 Å². The number of ether oxygens (including phenoxy) is 1. The molecule has 0 spiro atoms. The summed E-state index contributed by atoms with van der Waals surface area (Å²) in [5, 5.41) is 3.75. The van der Waals surface area contributed by atoms with E-state index in [1.165, 1.54) is 11.5 Å². The van der Waals surface area contributed by atoms with Crippen LogP contribution < -0.4 is 5.32 Å². The Balaban J connectivity index is 1.63. The third-order valence-electron chi connectivity index (χ3n) is 8.30. The van der Waals surface area contributed by atoms with Crippen molar-refractivity contribution in [2.45, 2.75) is 90.7 Å². The first-order chi connectivity index (χ1) is 21.8. The summed E-state index contributed by atoms with van der Waals surface area (Å²) in [4.78, 5) is 57.8. The number of ketones is 1. The Hall–Kier alpha value is -3.60. The standard InChI is InChI=1S/C37H44IN3O5/c1-24(2)14-10-12-18-30(25(3)42)39-33(43)31(20-26-15-8-7-9-16-26)40-34(44)37(23-38)21-29(37)28-22-41(35(45)46-36(4,5)6)32-19-13-11-17-27(28)32/h7-9,11,13,15-17,19,22,29-30H,1,10,12,14,18,20-21,23H2,2-6H3,(H,39,43)/t29-,30-,37+/m0/s1. The van der Waals surface area contributed by atoms with E-state index in [1.807, 2.05) is 82.3 Å². The number of nitrogens with one attached hydrogen (secondary N) is 1. The Bertz CT molecular complexity index is 1650. The monoisotopic (exact) mass is 737 g/mol. The number of aromatic nitrogens is 1. The molecule has 1 heterocycles. The van der Waals surface area contributed by atoms with Crippen LogP contribution in [0, 0.1) is 5.41 Å². The van der Waals surface area contributed by atoms with Crippen molar-refractivity contribution in [3.05, 3.63) is 84.1 Å². The van der Waals surface area contributed by atoms with Gasteiger partial charge in [0.25, 0.3) is 11.8 Å². The Kier molecular flexibility index (Phi) is 11.4. The van der Waals surface area contributed by atoms with Crippen molar-refractivity contribution >= 4 is 62.9 Å². The summed E-state index contributed by atoms with van der Waals surface area (Å²) in [6.07, 6.45) is 4.99. The number of carbonyl (C=O) groups is 4. The highest BCUT2D eigenvalue weighted by molar-refractivity contribution is 14.1. The molecule has 2 aromatic carbocycles. The Morgan fingerprint density at radius 3 is 2.37 bits per heavy atom. The molecule has 4 rings (SSSR count). The highest BCUT2D eigenvalue weighted by Crippen LogP contribution is 2.62. The lowest BCUT2D eigenvalue weighted by Crippen LogP contribution is -2.44. The quantitative estimate of drug-likeness (QED) is 0.0635. The molecule has 3 atom stereocenters. The van der Waals surface area contributed by atoms with Crippen LogP contribution in [0.2, 0.25) is 0 Å². The summed E-state index contributed by atoms with van der Waals surface area (Å²) in [6.45, 7) is 12.8. The maximum Gasteiger partial charge on any atom is 0.419 e. The molecule has 46 heavy (non-hydrogen) atoms. The van der Waals surface area contributed by atoms with Crippen molar-refractivity contribution in [2.24, 2.45) is 10.4 Å². The van der Waals surface area contributed by atoms with Crippen molar-refractivity contribution in [3.8, 4) is 0 Å². The number of fused-ring (bicyclic) bond motifs is 1. The van der Waals surface area contributed by atoms with Crippen molar-refractivity contribution in [2.75, 3.05) is 4.43 Å². The largest absolute Gasteiger partial charge is 0.443 e. The fourth-order valence-electron chi connectivity index (χ4n) is 5.69. The fraction of sp³-hybridized carbons (Fsp3) is 0.432. The first-order valence-corrected chi connectivity index (χ1v) is 17.3. The van der Waals surface area contributed by atoms with Crippen molar-refractivity contribution in [3.63, 3.8) is 0 Å². The van der Waals surface area contributed by atoms with Crippen LogP contribution in [0.15, 0.2) is 77.9 Å². The van der Waals surface area contributed by atoms with Gasteiger partial charge in [0, 0.05) is 28.3 Å². The van der Waals surface area contributed by atoms with Crippen LogP contribution >= 0.6 is 22.6 Å². The van der Waals surface area contributed by atoms with Gasteiger partial charge in [-0.3, -0.25) is 19.0 Å². The Morgan fingerprint density at radius 1 is 1.07 bits per heavy atom. The molecular formula is C37H44IN3O5. The summed E-state index contributed by atoms with van der Waals surface area (Å²) in [5.41, 5.74) is 2.09. The van der Waals surface area contributed by atoms with Gasteiger partial charge in [0.15, 0.2) is 5.78 Å². The highest BCUT2D eigenvalue weighted by atomic mass is 127. The van der Waals surface area contributed by atoms with Crippen molar-refractivity contribution in [1.82, 2.24) is 9.88 Å². The average molecular weight is 738 g/mol. The number of rotatable bonds is 13. The molecule has 9 heteroatoms. The molecule has 0 aliphatic heterocycles. The van der Waals surface area contributed by atoms with Gasteiger partial charge in [0.1, 0.15) is 11.3 Å². The van der Waals surface area contributed by atoms with Gasteiger partial charge >= 0.3 is 6.09 Å². The maximum atomic E-state index is 14.1. The predicted molar refractivity (Wildman–Crippen MR) is 191 cm³/mol. The SMILES string of the molecule is C=C(C)CCCC[C@H](NC(=O)C(Cc1ccccc1)=NC(=O)[C@@]1(CI)C[C@H]1c1cn(C(=O)OC(C)(C)C)c2ccccc12)C(C)=O. The molecule has 0 bridgehead atoms. The minimum Gasteiger partial charge on any atom is -0.443 e. The van der Waals surface area contributed by atoms with Gasteiger partial charge in [-0.05, 0) is 77.5 Å². The number of halogens is 1. The van der Waals surface area contributed by atoms with E-state index in [2.05, 4.69) is 39.5 Å². The number of alkyl halides is 1. The van der Waals surface area contributed by atoms with Gasteiger partial charge in [0.05, 0.1) is 17.0 Å². The summed E-state index contributed by atoms with van der Waals surface area (Å²) in [5.74, 6) is -1.21. The third kappa shape index (κ3) is 8.60. The molecule has 3 aromatic rings. The number of benzene rings is 2. The first kappa shape index (κ1) is 35.3. The fourth-order valence-corrected chi connectivity index (χ4v) is 6.86. The second-order valence-corrected chi connectivity index (χ2v) is 14.1. The summed E-state index contributed by atoms with van der Waals surface area (Å²) < 4.78 is 7.65. The van der Waals surface area contributed by atoms with E-state index in [1.54, 1.807) is 6.20 Å². The van der Waals surface area contributed by atoms with E-state index >= 15 is 0 Å². The zero-order chi connectivity index (χ0) is 33.6. The molecule has 1 N–H and O–H groups in total. The van der Waals surface area contributed by atoms with Gasteiger partial charge in [-0.2, -0.15) is 0 Å². The molecule has 1 aromatic heterocycles. The molecule has 0 radical (unpaired) electrons. The van der Waals surface area contributed by atoms with Gasteiger partial charge < -0.3 is 10.1 Å². The summed E-state index contributed by atoms with van der Waals surface area (Å²) >= 11 is 2.21. The molecule has 1 fully saturated rings. The Labute approximate surface area is 285 Å². The maximum absolute atomic E-state index is 14.1. The molecule has 2 amide bonds. The lowest BCUT2D eigenvalue weighted by molar-refractivity contribution is -0.124. The Morgan fingerprint density at radius 2 is 1.74 bits per heavy atom. The molecule has 8 nitrogen and oxygen atoms in total. The lowest BCUT2D eigenvalue weighted by atomic mass is 9.99. The van der Waals surface area contributed by atoms with Crippen LogP contribution in [0.25, 0.3) is 10.9 Å². The molecule has 1 aliphatic rings. The molecule has 0 saturated heterocycles. The van der Waals surface area contributed by atoms with E-state index < -0.39 is 29.1 Å². The number of carbonyl (C=O) groups excluding carboxylic acids is 4. The molecular weight excluding hydrogens is 693 g/mol. The summed E-state index contributed by atoms with van der Waals surface area (Å²) in [6, 6.07) is 16.3. The normalized spacial score (nSPS) is 18.6. The van der Waals surface area contributed by atoms with Crippen molar-refractivity contribution in [1.29, 1.82) is 0 Å². The molecule has 0 unspecified atom stereocenters. The minimum atomic E-state index is -0.825. The number of unbranched alkanes of at least 4 members (excludes halogenated alkanes) is 1. The predicted octanol–water partition coefficient (Wildman–Crippen LogP) is 7.75. The van der Waals surface area contributed by atoms with E-state index in [4.69, 9.17) is 4.74 Å². The number of hydrogen-bond donors (Lipinski definition) is 1. The van der Waals surface area contributed by atoms with Gasteiger partial charge in [-0.25, -0.2) is 9.79 Å². The zero-order valence-electron chi connectivity index (χ0n) is 27.4. The molecule has 1 aliphatic carbocycles. The van der Waals surface area contributed by atoms with E-state index in [0.29, 0.717) is 22.8 Å². The summed E-state index contributed by atoms with van der Waals surface area (Å²) in [7, 11) is 0. The number of allylic oxidation sites excluding steroid dienone is 1. The lowest BCUT2D eigenvalue weighted by Gasteiger charge is -2.19. The van der Waals surface area contributed by atoms with Gasteiger partial charge in [-0.1, -0.05) is 83.1 Å². The second-order valence-electron chi connectivity index (χ2n) is 13.4. The number of Topliss-reactive ketones (excluding diaryl/α,β-unsaturated/α-hetero) is 1. The smallest absolute Gasteiger partial charge is 0.419 e. The van der Waals surface area contributed by atoms with Crippen molar-refractivity contribution < 1.29 is 23.9 Å². The number of nitrogens with zero attached hydrogens (tertiary/aromatic N) is 2. The van der Waals surface area contributed by atoms with Gasteiger partial charge in [0.2, 0.25) is 0 Å². The van der Waals surface area contributed by atoms with Crippen LogP contribution in [0.5, 0.6) is 0 Å². The second kappa shape index (κ2) is 14.9. The molecule has 1 saturated carbocycles. The van der Waals surface area contributed by atoms with E-state index in [9.17, 15) is 19.2 Å². The van der Waals surface area contributed by atoms with Crippen LogP contribution in [0.1, 0.15) is 83.8 Å². The van der Waals surface area contributed by atoms with Gasteiger partial charge in [-0.15, -0.1) is 6.58 Å².